The lowest BCUT2D eigenvalue weighted by molar-refractivity contribution is 0.541. The Bertz CT molecular complexity index is 595. The topological polar surface area (TPSA) is 12.0 Å². The molecule has 1 fully saturated rings. The Kier molecular flexibility index (Phi) is 2.44. The Morgan fingerprint density at radius 2 is 1.94 bits per heavy atom. The third kappa shape index (κ3) is 1.68. The molecule has 1 nitrogen and oxygen atoms in total. The van der Waals surface area contributed by atoms with E-state index in [2.05, 4.69) is 51.6 Å². The van der Waals surface area contributed by atoms with Gasteiger partial charge in [0, 0.05) is 32.7 Å². The average Bonchev–Trinajstić information content (AvgIpc) is 3.00. The standard InChI is InChI=1S/C15H14BrNS/c16-12-3-1-10(2-4-12)13-7-11-8-17-9-15(5-6-15)14(11)18-13/h1-4,7,17H,5-6,8-9H2. The molecule has 2 aromatic rings. The molecule has 0 amide bonds. The van der Waals surface area contributed by atoms with Crippen LogP contribution in [0, 0.1) is 0 Å². The van der Waals surface area contributed by atoms with Crippen LogP contribution in [0.25, 0.3) is 10.4 Å². The van der Waals surface area contributed by atoms with Crippen LogP contribution in [0.2, 0.25) is 0 Å². The van der Waals surface area contributed by atoms with E-state index < -0.39 is 0 Å². The summed E-state index contributed by atoms with van der Waals surface area (Å²) >= 11 is 5.50. The fourth-order valence-corrected chi connectivity index (χ4v) is 4.53. The van der Waals surface area contributed by atoms with Gasteiger partial charge in [0.25, 0.3) is 0 Å². The van der Waals surface area contributed by atoms with Gasteiger partial charge in [-0.3, -0.25) is 0 Å². The van der Waals surface area contributed by atoms with Gasteiger partial charge in [-0.15, -0.1) is 11.3 Å². The number of fused-ring (bicyclic) bond motifs is 2. The zero-order chi connectivity index (χ0) is 12.2. The third-order valence-corrected chi connectivity index (χ3v) is 6.05. The van der Waals surface area contributed by atoms with Gasteiger partial charge in [0.2, 0.25) is 0 Å². The summed E-state index contributed by atoms with van der Waals surface area (Å²) in [5, 5.41) is 3.57. The Hall–Kier alpha value is -0.640. The minimum Gasteiger partial charge on any atom is -0.312 e. The van der Waals surface area contributed by atoms with Crippen molar-refractivity contribution < 1.29 is 0 Å². The van der Waals surface area contributed by atoms with Gasteiger partial charge in [0.05, 0.1) is 0 Å². The Labute approximate surface area is 119 Å². The van der Waals surface area contributed by atoms with E-state index >= 15 is 0 Å². The predicted octanol–water partition coefficient (Wildman–Crippen LogP) is 4.31. The molecule has 0 atom stereocenters. The predicted molar refractivity (Wildman–Crippen MR) is 80.1 cm³/mol. The lowest BCUT2D eigenvalue weighted by Crippen LogP contribution is -2.31. The Morgan fingerprint density at radius 1 is 1.17 bits per heavy atom. The largest absolute Gasteiger partial charge is 0.312 e. The molecule has 1 N–H and O–H groups in total. The van der Waals surface area contributed by atoms with Crippen molar-refractivity contribution in [2.45, 2.75) is 24.8 Å². The summed E-state index contributed by atoms with van der Waals surface area (Å²) in [4.78, 5) is 3.07. The maximum Gasteiger partial charge on any atom is 0.0349 e. The van der Waals surface area contributed by atoms with Crippen LogP contribution in [-0.4, -0.2) is 6.54 Å². The van der Waals surface area contributed by atoms with E-state index in [1.54, 1.807) is 4.88 Å². The lowest BCUT2D eigenvalue weighted by atomic mass is 9.97. The smallest absolute Gasteiger partial charge is 0.0349 e. The average molecular weight is 320 g/mol. The van der Waals surface area contributed by atoms with E-state index in [-0.39, 0.29) is 0 Å². The van der Waals surface area contributed by atoms with Crippen LogP contribution in [0.1, 0.15) is 23.3 Å². The van der Waals surface area contributed by atoms with Crippen molar-refractivity contribution in [3.63, 3.8) is 0 Å². The van der Waals surface area contributed by atoms with Gasteiger partial charge in [0.1, 0.15) is 0 Å². The molecule has 4 rings (SSSR count). The SMILES string of the molecule is Brc1ccc(-c2cc3c(s2)C2(CC2)CNC3)cc1. The van der Waals surface area contributed by atoms with Crippen molar-refractivity contribution >= 4 is 27.3 Å². The molecule has 2 aliphatic rings. The number of hydrogen-bond donors (Lipinski definition) is 1. The second-order valence-corrected chi connectivity index (χ2v) is 7.32. The van der Waals surface area contributed by atoms with Crippen LogP contribution in [0.5, 0.6) is 0 Å². The molecule has 3 heteroatoms. The number of benzene rings is 1. The van der Waals surface area contributed by atoms with E-state index in [4.69, 9.17) is 0 Å². The van der Waals surface area contributed by atoms with Crippen LogP contribution >= 0.6 is 27.3 Å². The van der Waals surface area contributed by atoms with Crippen molar-refractivity contribution in [1.29, 1.82) is 0 Å². The highest BCUT2D eigenvalue weighted by Crippen LogP contribution is 2.54. The van der Waals surface area contributed by atoms with Gasteiger partial charge in [-0.2, -0.15) is 0 Å². The third-order valence-electron chi connectivity index (χ3n) is 4.05. The van der Waals surface area contributed by atoms with Gasteiger partial charge in [-0.1, -0.05) is 28.1 Å². The Balaban J connectivity index is 1.79. The second kappa shape index (κ2) is 3.92. The number of thiophene rings is 1. The number of nitrogens with one attached hydrogen (secondary N) is 1. The molecule has 18 heavy (non-hydrogen) atoms. The summed E-state index contributed by atoms with van der Waals surface area (Å²) in [6.07, 6.45) is 2.74. The molecule has 0 unspecified atom stereocenters. The fraction of sp³-hybridized carbons (Fsp3) is 0.333. The lowest BCUT2D eigenvalue weighted by Gasteiger charge is -2.22. The first kappa shape index (κ1) is 11.2. The van der Waals surface area contributed by atoms with E-state index in [9.17, 15) is 0 Å². The van der Waals surface area contributed by atoms with Crippen LogP contribution in [-0.2, 0) is 12.0 Å². The maximum absolute atomic E-state index is 3.57. The number of hydrogen-bond acceptors (Lipinski definition) is 2. The molecule has 0 bridgehead atoms. The summed E-state index contributed by atoms with van der Waals surface area (Å²) in [6, 6.07) is 11.0. The minimum absolute atomic E-state index is 0.506. The van der Waals surface area contributed by atoms with Crippen LogP contribution in [0.3, 0.4) is 0 Å². The Morgan fingerprint density at radius 3 is 2.67 bits per heavy atom. The number of halogens is 1. The molecule has 92 valence electrons. The maximum atomic E-state index is 3.57. The van der Waals surface area contributed by atoms with Gasteiger partial charge in [-0.05, 0) is 42.2 Å². The first-order valence-corrected chi connectivity index (χ1v) is 7.98. The molecule has 2 heterocycles. The second-order valence-electron chi connectivity index (χ2n) is 5.36. The molecule has 1 spiro atoms. The monoisotopic (exact) mass is 319 g/mol. The first-order chi connectivity index (χ1) is 8.77. The zero-order valence-corrected chi connectivity index (χ0v) is 12.4. The van der Waals surface area contributed by atoms with Crippen molar-refractivity contribution in [2.24, 2.45) is 0 Å². The fourth-order valence-electron chi connectivity index (χ4n) is 2.84. The van der Waals surface area contributed by atoms with E-state index in [0.29, 0.717) is 5.41 Å². The first-order valence-electron chi connectivity index (χ1n) is 6.37. The van der Waals surface area contributed by atoms with Crippen molar-refractivity contribution in [3.05, 3.63) is 45.2 Å². The molecule has 1 aliphatic carbocycles. The van der Waals surface area contributed by atoms with Crippen LogP contribution in [0.4, 0.5) is 0 Å². The highest BCUT2D eigenvalue weighted by atomic mass is 79.9. The van der Waals surface area contributed by atoms with Crippen molar-refractivity contribution in [3.8, 4) is 10.4 Å². The zero-order valence-electron chi connectivity index (χ0n) is 10.0. The highest BCUT2D eigenvalue weighted by molar-refractivity contribution is 9.10. The summed E-state index contributed by atoms with van der Waals surface area (Å²) in [5.74, 6) is 0. The van der Waals surface area contributed by atoms with Crippen molar-refractivity contribution in [2.75, 3.05) is 6.54 Å². The molecular weight excluding hydrogens is 306 g/mol. The summed E-state index contributed by atoms with van der Waals surface area (Å²) in [7, 11) is 0. The highest BCUT2D eigenvalue weighted by Gasteiger charge is 2.48. The molecule has 1 aromatic carbocycles. The van der Waals surface area contributed by atoms with Crippen molar-refractivity contribution in [1.82, 2.24) is 5.32 Å². The van der Waals surface area contributed by atoms with Gasteiger partial charge in [0.15, 0.2) is 0 Å². The molecular formula is C15H14BrNS. The van der Waals surface area contributed by atoms with E-state index in [1.165, 1.54) is 35.4 Å². The summed E-state index contributed by atoms with van der Waals surface area (Å²) < 4.78 is 1.15. The van der Waals surface area contributed by atoms with Gasteiger partial charge >= 0.3 is 0 Å². The molecule has 1 saturated carbocycles. The molecule has 1 aromatic heterocycles. The van der Waals surface area contributed by atoms with E-state index in [1.807, 2.05) is 11.3 Å². The summed E-state index contributed by atoms with van der Waals surface area (Å²) in [6.45, 7) is 2.23. The van der Waals surface area contributed by atoms with Gasteiger partial charge in [-0.25, -0.2) is 0 Å². The molecule has 1 aliphatic heterocycles. The van der Waals surface area contributed by atoms with Crippen LogP contribution in [0.15, 0.2) is 34.8 Å². The van der Waals surface area contributed by atoms with E-state index in [0.717, 1.165) is 11.0 Å². The van der Waals surface area contributed by atoms with Gasteiger partial charge < -0.3 is 5.32 Å². The summed E-state index contributed by atoms with van der Waals surface area (Å²) in [5.41, 5.74) is 3.38. The molecule has 0 saturated heterocycles. The van der Waals surface area contributed by atoms with Crippen LogP contribution < -0.4 is 5.32 Å². The quantitative estimate of drug-likeness (QED) is 0.825. The normalized spacial score (nSPS) is 19.8. The number of rotatable bonds is 1. The minimum atomic E-state index is 0.506. The molecule has 0 radical (unpaired) electrons.